The van der Waals surface area contributed by atoms with Crippen LogP contribution in [0.3, 0.4) is 0 Å². The fourth-order valence-electron chi connectivity index (χ4n) is 2.73. The fraction of sp³-hybridized carbons (Fsp3) is 0.389. The van der Waals surface area contributed by atoms with Gasteiger partial charge in [-0.15, -0.1) is 0 Å². The highest BCUT2D eigenvalue weighted by Crippen LogP contribution is 2.25. The molecule has 1 aromatic carbocycles. The van der Waals surface area contributed by atoms with Gasteiger partial charge in [0.1, 0.15) is 6.54 Å². The Morgan fingerprint density at radius 2 is 1.66 bits per heavy atom. The molecule has 0 saturated carbocycles. The van der Waals surface area contributed by atoms with E-state index in [2.05, 4.69) is 5.32 Å². The molecule has 1 heterocycles. The SMILES string of the molecule is CCOC(=O)C[C@H](NC(=O)Cn1c(=O)n(C)c(=O)n(C)c1=O)c1ccccc1Cl. The molecule has 0 spiro atoms. The maximum atomic E-state index is 12.6. The Balaban J connectivity index is 2.33. The molecule has 0 aliphatic heterocycles. The van der Waals surface area contributed by atoms with Crippen LogP contribution in [0.4, 0.5) is 0 Å². The number of carbonyl (C=O) groups is 2. The van der Waals surface area contributed by atoms with Gasteiger partial charge in [0, 0.05) is 19.1 Å². The van der Waals surface area contributed by atoms with Crippen LogP contribution in [0.2, 0.25) is 5.02 Å². The van der Waals surface area contributed by atoms with Crippen LogP contribution in [-0.4, -0.2) is 32.2 Å². The van der Waals surface area contributed by atoms with Crippen molar-refractivity contribution in [2.45, 2.75) is 25.9 Å². The number of halogens is 1. The number of hydrogen-bond donors (Lipinski definition) is 1. The van der Waals surface area contributed by atoms with Crippen LogP contribution in [0.1, 0.15) is 24.9 Å². The standard InChI is InChI=1S/C18H21ClN4O6/c1-4-29-15(25)9-13(11-7-5-6-8-12(11)19)20-14(24)10-23-17(27)21(2)16(26)22(3)18(23)28/h5-8,13H,4,9-10H2,1-3H3,(H,20,24)/t13-/m0/s1. The summed E-state index contributed by atoms with van der Waals surface area (Å²) < 4.78 is 7.01. The zero-order valence-electron chi connectivity index (χ0n) is 16.2. The van der Waals surface area contributed by atoms with Gasteiger partial charge in [0.05, 0.1) is 19.1 Å². The van der Waals surface area contributed by atoms with Crippen molar-refractivity contribution in [2.24, 2.45) is 14.1 Å². The number of aromatic nitrogens is 3. The molecule has 1 N–H and O–H groups in total. The lowest BCUT2D eigenvalue weighted by Crippen LogP contribution is -2.54. The van der Waals surface area contributed by atoms with E-state index < -0.39 is 41.5 Å². The summed E-state index contributed by atoms with van der Waals surface area (Å²) in [5, 5.41) is 2.93. The number of hydrogen-bond acceptors (Lipinski definition) is 6. The highest BCUT2D eigenvalue weighted by Gasteiger charge is 2.22. The van der Waals surface area contributed by atoms with E-state index in [4.69, 9.17) is 16.3 Å². The van der Waals surface area contributed by atoms with Gasteiger partial charge in [-0.2, -0.15) is 0 Å². The quantitative estimate of drug-likeness (QED) is 0.609. The summed E-state index contributed by atoms with van der Waals surface area (Å²) in [6, 6.07) is 5.81. The zero-order valence-corrected chi connectivity index (χ0v) is 16.9. The van der Waals surface area contributed by atoms with Crippen molar-refractivity contribution in [2.75, 3.05) is 6.61 Å². The van der Waals surface area contributed by atoms with E-state index in [1.165, 1.54) is 14.1 Å². The molecule has 2 rings (SSSR count). The van der Waals surface area contributed by atoms with Crippen LogP contribution in [0, 0.1) is 0 Å². The molecule has 0 aliphatic rings. The number of amides is 1. The average molecular weight is 425 g/mol. The van der Waals surface area contributed by atoms with Crippen LogP contribution in [-0.2, 0) is 35.0 Å². The van der Waals surface area contributed by atoms with Crippen LogP contribution in [0.5, 0.6) is 0 Å². The fourth-order valence-corrected chi connectivity index (χ4v) is 3.00. The van der Waals surface area contributed by atoms with Crippen molar-refractivity contribution in [1.29, 1.82) is 0 Å². The second kappa shape index (κ2) is 9.37. The van der Waals surface area contributed by atoms with E-state index in [0.29, 0.717) is 15.2 Å². The Kier molecular flexibility index (Phi) is 7.16. The summed E-state index contributed by atoms with van der Waals surface area (Å²) in [4.78, 5) is 60.7. The number of nitrogens with zero attached hydrogens (tertiary/aromatic N) is 3. The van der Waals surface area contributed by atoms with Crippen LogP contribution < -0.4 is 22.4 Å². The van der Waals surface area contributed by atoms with Crippen LogP contribution in [0.15, 0.2) is 38.6 Å². The summed E-state index contributed by atoms with van der Waals surface area (Å²) in [5.41, 5.74) is -2.16. The average Bonchev–Trinajstić information content (AvgIpc) is 2.68. The highest BCUT2D eigenvalue weighted by molar-refractivity contribution is 6.31. The topological polar surface area (TPSA) is 121 Å². The van der Waals surface area contributed by atoms with Crippen molar-refractivity contribution < 1.29 is 14.3 Å². The monoisotopic (exact) mass is 424 g/mol. The molecular formula is C18H21ClN4O6. The maximum absolute atomic E-state index is 12.6. The lowest BCUT2D eigenvalue weighted by Gasteiger charge is -2.20. The zero-order chi connectivity index (χ0) is 21.7. The van der Waals surface area contributed by atoms with Crippen molar-refractivity contribution in [3.63, 3.8) is 0 Å². The summed E-state index contributed by atoms with van der Waals surface area (Å²) in [6.45, 7) is 1.19. The largest absolute Gasteiger partial charge is 0.466 e. The molecule has 10 nitrogen and oxygen atoms in total. The predicted molar refractivity (Wildman–Crippen MR) is 105 cm³/mol. The number of carbonyl (C=O) groups excluding carboxylic acids is 2. The first-order chi connectivity index (χ1) is 13.7. The predicted octanol–water partition coefficient (Wildman–Crippen LogP) is -0.290. The summed E-state index contributed by atoms with van der Waals surface area (Å²) in [6.07, 6.45) is -0.191. The van der Waals surface area contributed by atoms with Gasteiger partial charge < -0.3 is 10.1 Å². The maximum Gasteiger partial charge on any atom is 0.336 e. The molecule has 1 aromatic heterocycles. The minimum atomic E-state index is -0.923. The van der Waals surface area contributed by atoms with Gasteiger partial charge in [0.25, 0.3) is 0 Å². The molecule has 0 fully saturated rings. The van der Waals surface area contributed by atoms with Gasteiger partial charge in [0.15, 0.2) is 0 Å². The number of nitrogens with one attached hydrogen (secondary N) is 1. The van der Waals surface area contributed by atoms with Crippen molar-refractivity contribution >= 4 is 23.5 Å². The number of rotatable bonds is 7. The molecule has 0 saturated heterocycles. The first kappa shape index (κ1) is 22.2. The third kappa shape index (κ3) is 5.02. The molecule has 0 radical (unpaired) electrons. The van der Waals surface area contributed by atoms with Gasteiger partial charge in [-0.25, -0.2) is 28.1 Å². The van der Waals surface area contributed by atoms with Crippen molar-refractivity contribution in [1.82, 2.24) is 19.0 Å². The molecule has 2 aromatic rings. The Morgan fingerprint density at radius 3 is 2.21 bits per heavy atom. The van der Waals surface area contributed by atoms with Crippen LogP contribution in [0.25, 0.3) is 0 Å². The molecule has 0 aliphatic carbocycles. The van der Waals surface area contributed by atoms with E-state index in [1.807, 2.05) is 0 Å². The molecule has 1 atom stereocenters. The molecular weight excluding hydrogens is 404 g/mol. The smallest absolute Gasteiger partial charge is 0.336 e. The minimum absolute atomic E-state index is 0.172. The Morgan fingerprint density at radius 1 is 1.07 bits per heavy atom. The second-order valence-electron chi connectivity index (χ2n) is 6.20. The second-order valence-corrected chi connectivity index (χ2v) is 6.61. The first-order valence-corrected chi connectivity index (χ1v) is 9.11. The first-order valence-electron chi connectivity index (χ1n) is 8.73. The van der Waals surface area contributed by atoms with Crippen LogP contribution >= 0.6 is 11.6 Å². The van der Waals surface area contributed by atoms with E-state index in [9.17, 15) is 24.0 Å². The molecule has 29 heavy (non-hydrogen) atoms. The van der Waals surface area contributed by atoms with E-state index >= 15 is 0 Å². The molecule has 156 valence electrons. The van der Waals surface area contributed by atoms with Gasteiger partial charge in [-0.3, -0.25) is 9.59 Å². The summed E-state index contributed by atoms with van der Waals surface area (Å²) >= 11 is 6.18. The van der Waals surface area contributed by atoms with Crippen molar-refractivity contribution in [3.05, 3.63) is 66.3 Å². The number of benzene rings is 1. The highest BCUT2D eigenvalue weighted by atomic mass is 35.5. The Labute approximate surface area is 170 Å². The lowest BCUT2D eigenvalue weighted by atomic mass is 10.0. The molecule has 0 unspecified atom stereocenters. The van der Waals surface area contributed by atoms with Gasteiger partial charge >= 0.3 is 23.0 Å². The minimum Gasteiger partial charge on any atom is -0.466 e. The summed E-state index contributed by atoms with van der Waals surface area (Å²) in [7, 11) is 2.40. The summed E-state index contributed by atoms with van der Waals surface area (Å²) in [5.74, 6) is -1.26. The van der Waals surface area contributed by atoms with Gasteiger partial charge in [-0.1, -0.05) is 29.8 Å². The van der Waals surface area contributed by atoms with E-state index in [-0.39, 0.29) is 13.0 Å². The van der Waals surface area contributed by atoms with E-state index in [1.54, 1.807) is 31.2 Å². The Bertz CT molecular complexity index is 1060. The van der Waals surface area contributed by atoms with Gasteiger partial charge in [-0.05, 0) is 18.6 Å². The third-order valence-electron chi connectivity index (χ3n) is 4.20. The molecule has 0 bridgehead atoms. The third-order valence-corrected chi connectivity index (χ3v) is 4.55. The van der Waals surface area contributed by atoms with Crippen molar-refractivity contribution in [3.8, 4) is 0 Å². The van der Waals surface area contributed by atoms with Gasteiger partial charge in [0.2, 0.25) is 5.91 Å². The lowest BCUT2D eigenvalue weighted by molar-refractivity contribution is -0.143. The molecule has 1 amide bonds. The van der Waals surface area contributed by atoms with E-state index in [0.717, 1.165) is 9.13 Å². The molecule has 11 heteroatoms. The number of ether oxygens (including phenoxy) is 1. The Hall–Kier alpha value is -3.14. The number of esters is 1. The normalized spacial score (nSPS) is 11.7.